The zero-order valence-corrected chi connectivity index (χ0v) is 14.4. The SMILES string of the molecule is CCOc1ccccc1C(=O)N(Cc1ccccc1[N+](=O)[O-])CC(F)(F)F. The number of alkyl halides is 3. The van der Waals surface area contributed by atoms with Crippen molar-refractivity contribution in [3.8, 4) is 5.75 Å². The monoisotopic (exact) mass is 382 g/mol. The molecule has 0 aliphatic rings. The van der Waals surface area contributed by atoms with Gasteiger partial charge in [-0.1, -0.05) is 30.3 Å². The maximum Gasteiger partial charge on any atom is 0.406 e. The van der Waals surface area contributed by atoms with Crippen molar-refractivity contribution < 1.29 is 27.6 Å². The van der Waals surface area contributed by atoms with E-state index in [1.54, 1.807) is 13.0 Å². The number of nitro groups is 1. The lowest BCUT2D eigenvalue weighted by Crippen LogP contribution is -2.38. The molecule has 0 aliphatic carbocycles. The lowest BCUT2D eigenvalue weighted by molar-refractivity contribution is -0.385. The molecule has 0 saturated heterocycles. The van der Waals surface area contributed by atoms with Gasteiger partial charge in [0, 0.05) is 11.6 Å². The van der Waals surface area contributed by atoms with Crippen molar-refractivity contribution in [2.75, 3.05) is 13.2 Å². The third-order valence-corrected chi connectivity index (χ3v) is 3.62. The van der Waals surface area contributed by atoms with Crippen LogP contribution >= 0.6 is 0 Å². The highest BCUT2D eigenvalue weighted by Gasteiger charge is 2.35. The second-order valence-corrected chi connectivity index (χ2v) is 5.59. The summed E-state index contributed by atoms with van der Waals surface area (Å²) in [6.07, 6.45) is -4.67. The van der Waals surface area contributed by atoms with Crippen LogP contribution in [0.4, 0.5) is 18.9 Å². The number of hydrogen-bond donors (Lipinski definition) is 0. The van der Waals surface area contributed by atoms with Crippen molar-refractivity contribution in [1.29, 1.82) is 0 Å². The van der Waals surface area contributed by atoms with Gasteiger partial charge in [0.1, 0.15) is 12.3 Å². The van der Waals surface area contributed by atoms with Gasteiger partial charge in [-0.05, 0) is 19.1 Å². The Morgan fingerprint density at radius 1 is 1.15 bits per heavy atom. The number of halogens is 3. The fourth-order valence-corrected chi connectivity index (χ4v) is 2.54. The number of para-hydroxylation sites is 2. The highest BCUT2D eigenvalue weighted by Crippen LogP contribution is 2.26. The van der Waals surface area contributed by atoms with Crippen molar-refractivity contribution in [2.24, 2.45) is 0 Å². The fraction of sp³-hybridized carbons (Fsp3) is 0.278. The summed E-state index contributed by atoms with van der Waals surface area (Å²) in [5.41, 5.74) is -0.383. The number of hydrogen-bond acceptors (Lipinski definition) is 4. The summed E-state index contributed by atoms with van der Waals surface area (Å²) in [4.78, 5) is 23.7. The largest absolute Gasteiger partial charge is 0.493 e. The van der Waals surface area contributed by atoms with E-state index in [2.05, 4.69) is 0 Å². The molecule has 2 rings (SSSR count). The van der Waals surface area contributed by atoms with Gasteiger partial charge in [0.05, 0.1) is 23.6 Å². The first-order valence-electron chi connectivity index (χ1n) is 8.03. The van der Waals surface area contributed by atoms with Crippen LogP contribution in [-0.2, 0) is 6.54 Å². The Morgan fingerprint density at radius 2 is 1.78 bits per heavy atom. The molecule has 0 fully saturated rings. The van der Waals surface area contributed by atoms with Gasteiger partial charge in [0.25, 0.3) is 11.6 Å². The maximum atomic E-state index is 13.0. The average molecular weight is 382 g/mol. The predicted molar refractivity (Wildman–Crippen MR) is 91.5 cm³/mol. The molecule has 0 aromatic heterocycles. The molecule has 9 heteroatoms. The molecule has 2 aromatic rings. The molecule has 144 valence electrons. The smallest absolute Gasteiger partial charge is 0.406 e. The van der Waals surface area contributed by atoms with Gasteiger partial charge in [-0.15, -0.1) is 0 Å². The Bertz CT molecular complexity index is 824. The minimum absolute atomic E-state index is 0.00833. The number of amides is 1. The summed E-state index contributed by atoms with van der Waals surface area (Å²) in [6, 6.07) is 11.3. The Morgan fingerprint density at radius 3 is 2.41 bits per heavy atom. The first-order valence-corrected chi connectivity index (χ1v) is 8.03. The van der Waals surface area contributed by atoms with Crippen LogP contribution in [0, 0.1) is 10.1 Å². The zero-order valence-electron chi connectivity index (χ0n) is 14.4. The van der Waals surface area contributed by atoms with Gasteiger partial charge in [-0.25, -0.2) is 0 Å². The Balaban J connectivity index is 2.41. The van der Waals surface area contributed by atoms with Gasteiger partial charge in [0.15, 0.2) is 0 Å². The number of ether oxygens (including phenoxy) is 1. The van der Waals surface area contributed by atoms with Gasteiger partial charge in [-0.3, -0.25) is 14.9 Å². The quantitative estimate of drug-likeness (QED) is 0.531. The fourth-order valence-electron chi connectivity index (χ4n) is 2.54. The van der Waals surface area contributed by atoms with Gasteiger partial charge in [0.2, 0.25) is 0 Å². The molecular weight excluding hydrogens is 365 g/mol. The van der Waals surface area contributed by atoms with Crippen molar-refractivity contribution in [3.05, 3.63) is 69.8 Å². The summed E-state index contributed by atoms with van der Waals surface area (Å²) in [6.45, 7) is -0.190. The van der Waals surface area contributed by atoms with E-state index < -0.39 is 30.1 Å². The lowest BCUT2D eigenvalue weighted by atomic mass is 10.1. The third kappa shape index (κ3) is 5.44. The Labute approximate surface area is 153 Å². The van der Waals surface area contributed by atoms with Crippen LogP contribution in [0.5, 0.6) is 5.75 Å². The van der Waals surface area contributed by atoms with E-state index >= 15 is 0 Å². The summed E-state index contributed by atoms with van der Waals surface area (Å²) < 4.78 is 44.4. The van der Waals surface area contributed by atoms with Crippen LogP contribution in [0.3, 0.4) is 0 Å². The number of nitro benzene ring substituents is 1. The molecular formula is C18H17F3N2O4. The second-order valence-electron chi connectivity index (χ2n) is 5.59. The van der Waals surface area contributed by atoms with Crippen LogP contribution in [0.2, 0.25) is 0 Å². The molecule has 0 atom stereocenters. The summed E-state index contributed by atoms with van der Waals surface area (Å²) >= 11 is 0. The van der Waals surface area contributed by atoms with Crippen LogP contribution in [-0.4, -0.2) is 35.1 Å². The van der Waals surface area contributed by atoms with E-state index in [1.165, 1.54) is 42.5 Å². The van der Waals surface area contributed by atoms with E-state index in [1.807, 2.05) is 0 Å². The van der Waals surface area contributed by atoms with E-state index in [4.69, 9.17) is 4.74 Å². The van der Waals surface area contributed by atoms with Crippen molar-refractivity contribution in [3.63, 3.8) is 0 Å². The first kappa shape index (κ1) is 20.2. The molecule has 0 heterocycles. The molecule has 27 heavy (non-hydrogen) atoms. The molecule has 0 N–H and O–H groups in total. The van der Waals surface area contributed by atoms with E-state index in [9.17, 15) is 28.1 Å². The van der Waals surface area contributed by atoms with E-state index in [-0.39, 0.29) is 29.2 Å². The number of nitrogens with zero attached hydrogens (tertiary/aromatic N) is 2. The van der Waals surface area contributed by atoms with E-state index in [0.717, 1.165) is 0 Å². The van der Waals surface area contributed by atoms with Gasteiger partial charge < -0.3 is 9.64 Å². The predicted octanol–water partition coefficient (Wildman–Crippen LogP) is 4.20. The normalized spacial score (nSPS) is 11.1. The maximum absolute atomic E-state index is 13.0. The van der Waals surface area contributed by atoms with Crippen molar-refractivity contribution >= 4 is 11.6 Å². The van der Waals surface area contributed by atoms with Crippen LogP contribution in [0.15, 0.2) is 48.5 Å². The molecule has 6 nitrogen and oxygen atoms in total. The number of benzene rings is 2. The topological polar surface area (TPSA) is 72.7 Å². The molecule has 0 radical (unpaired) electrons. The van der Waals surface area contributed by atoms with Crippen LogP contribution in [0.1, 0.15) is 22.8 Å². The van der Waals surface area contributed by atoms with Crippen molar-refractivity contribution in [2.45, 2.75) is 19.6 Å². The molecule has 0 aliphatic heterocycles. The first-order chi connectivity index (χ1) is 12.7. The minimum Gasteiger partial charge on any atom is -0.493 e. The summed E-state index contributed by atoms with van der Waals surface area (Å²) in [5.74, 6) is -0.769. The molecule has 0 saturated carbocycles. The molecule has 0 bridgehead atoms. The highest BCUT2D eigenvalue weighted by molar-refractivity contribution is 5.97. The summed E-state index contributed by atoms with van der Waals surface area (Å²) in [7, 11) is 0. The molecule has 2 aromatic carbocycles. The second kappa shape index (κ2) is 8.52. The Kier molecular flexibility index (Phi) is 6.38. The standard InChI is InChI=1S/C18H17F3N2O4/c1-2-27-16-10-6-4-8-14(16)17(24)22(12-18(19,20)21)11-13-7-3-5-9-15(13)23(25)26/h3-10H,2,11-12H2,1H3. The number of rotatable bonds is 7. The van der Waals surface area contributed by atoms with E-state index in [0.29, 0.717) is 4.90 Å². The third-order valence-electron chi connectivity index (χ3n) is 3.62. The number of carbonyl (C=O) groups excluding carboxylic acids is 1. The van der Waals surface area contributed by atoms with Crippen LogP contribution in [0.25, 0.3) is 0 Å². The molecule has 0 spiro atoms. The Hall–Kier alpha value is -3.10. The minimum atomic E-state index is -4.67. The highest BCUT2D eigenvalue weighted by atomic mass is 19.4. The number of carbonyl (C=O) groups is 1. The summed E-state index contributed by atoms with van der Waals surface area (Å²) in [5, 5.41) is 11.1. The van der Waals surface area contributed by atoms with Gasteiger partial charge in [-0.2, -0.15) is 13.2 Å². The lowest BCUT2D eigenvalue weighted by Gasteiger charge is -2.25. The van der Waals surface area contributed by atoms with Crippen molar-refractivity contribution in [1.82, 2.24) is 4.90 Å². The van der Waals surface area contributed by atoms with Gasteiger partial charge >= 0.3 is 6.18 Å². The molecule has 1 amide bonds. The van der Waals surface area contributed by atoms with Crippen LogP contribution < -0.4 is 4.74 Å². The zero-order chi connectivity index (χ0) is 20.0. The molecule has 0 unspecified atom stereocenters. The average Bonchev–Trinajstić information content (AvgIpc) is 2.60.